The van der Waals surface area contributed by atoms with Crippen molar-refractivity contribution >= 4 is 5.91 Å². The number of carbonyl (C=O) groups excluding carboxylic acids is 1. The summed E-state index contributed by atoms with van der Waals surface area (Å²) >= 11 is 0. The Morgan fingerprint density at radius 1 is 0.765 bits per heavy atom. The number of rotatable bonds is 24. The van der Waals surface area contributed by atoms with Crippen molar-refractivity contribution in [1.29, 1.82) is 0 Å². The third-order valence-electron chi connectivity index (χ3n) is 14.9. The molecule has 298 valence electrons. The van der Waals surface area contributed by atoms with E-state index in [-0.39, 0.29) is 16.9 Å². The first-order chi connectivity index (χ1) is 24.7. The van der Waals surface area contributed by atoms with Crippen molar-refractivity contribution in [2.24, 2.45) is 57.8 Å². The summed E-state index contributed by atoms with van der Waals surface area (Å²) in [6.07, 6.45) is 22.1. The number of ether oxygens (including phenoxy) is 3. The molecule has 0 aliphatic heterocycles. The fourth-order valence-corrected chi connectivity index (χ4v) is 11.8. The topological polar surface area (TPSA) is 100 Å². The van der Waals surface area contributed by atoms with Crippen LogP contribution < -0.4 is 11.5 Å². The number of unbranched alkanes of at least 4 members (excludes halogenated alkanes) is 5. The maximum absolute atomic E-state index is 13.7. The van der Waals surface area contributed by atoms with Crippen molar-refractivity contribution in [3.05, 3.63) is 0 Å². The van der Waals surface area contributed by atoms with Gasteiger partial charge in [0.15, 0.2) is 0 Å². The Morgan fingerprint density at radius 2 is 1.41 bits per heavy atom. The van der Waals surface area contributed by atoms with E-state index in [1.807, 2.05) is 0 Å². The first kappa shape index (κ1) is 43.0. The van der Waals surface area contributed by atoms with E-state index in [9.17, 15) is 4.79 Å². The molecule has 0 bridgehead atoms. The maximum Gasteiger partial charge on any atom is 0.222 e. The van der Waals surface area contributed by atoms with E-state index in [2.05, 4.69) is 46.4 Å². The summed E-state index contributed by atoms with van der Waals surface area (Å²) in [5.41, 5.74) is 12.2. The molecule has 0 spiro atoms. The SMILES string of the molecule is CCCCCN(CCCCC)C(=O)CC[C@@H](C)[C@H]1CC[C@H]2C3[C@H](OCCCC)CC4C[C@H](OCCCN)CC[C@]4(C)[C@H]3C[C@H](OCCCN)[C@]12C. The average molecular weight is 718 g/mol. The van der Waals surface area contributed by atoms with Gasteiger partial charge in [0.1, 0.15) is 0 Å². The van der Waals surface area contributed by atoms with Gasteiger partial charge in [-0.1, -0.05) is 73.6 Å². The quantitative estimate of drug-likeness (QED) is 0.0967. The fraction of sp³-hybridized carbons (Fsp3) is 0.977. The van der Waals surface area contributed by atoms with Crippen LogP contribution in [0.25, 0.3) is 0 Å². The van der Waals surface area contributed by atoms with Crippen LogP contribution in [0.4, 0.5) is 0 Å². The van der Waals surface area contributed by atoms with E-state index < -0.39 is 0 Å². The van der Waals surface area contributed by atoms with Crippen LogP contribution in [0, 0.1) is 46.3 Å². The highest BCUT2D eigenvalue weighted by molar-refractivity contribution is 5.76. The molecule has 0 heterocycles. The molecule has 51 heavy (non-hydrogen) atoms. The minimum Gasteiger partial charge on any atom is -0.378 e. The van der Waals surface area contributed by atoms with Crippen LogP contribution in [-0.2, 0) is 19.0 Å². The smallest absolute Gasteiger partial charge is 0.222 e. The molecular formula is C44H83N3O4. The number of amides is 1. The zero-order valence-corrected chi connectivity index (χ0v) is 34.3. The predicted molar refractivity (Wildman–Crippen MR) is 211 cm³/mol. The highest BCUT2D eigenvalue weighted by Gasteiger charge is 2.66. The molecule has 0 aromatic carbocycles. The molecule has 0 aromatic heterocycles. The summed E-state index contributed by atoms with van der Waals surface area (Å²) in [4.78, 5) is 15.9. The first-order valence-electron chi connectivity index (χ1n) is 22.2. The van der Waals surface area contributed by atoms with Gasteiger partial charge in [-0.3, -0.25) is 4.79 Å². The molecule has 7 heteroatoms. The predicted octanol–water partition coefficient (Wildman–Crippen LogP) is 9.14. The minimum atomic E-state index is 0.0816. The lowest BCUT2D eigenvalue weighted by atomic mass is 9.43. The number of hydrogen-bond acceptors (Lipinski definition) is 6. The third kappa shape index (κ3) is 10.5. The second-order valence-electron chi connectivity index (χ2n) is 18.0. The van der Waals surface area contributed by atoms with E-state index in [0.29, 0.717) is 73.1 Å². The van der Waals surface area contributed by atoms with Crippen LogP contribution in [0.5, 0.6) is 0 Å². The molecule has 4 aliphatic rings. The zero-order chi connectivity index (χ0) is 36.9. The van der Waals surface area contributed by atoms with Crippen molar-refractivity contribution in [3.63, 3.8) is 0 Å². The largest absolute Gasteiger partial charge is 0.378 e. The molecule has 7 nitrogen and oxygen atoms in total. The molecular weight excluding hydrogens is 635 g/mol. The maximum atomic E-state index is 13.7. The molecule has 4 aliphatic carbocycles. The van der Waals surface area contributed by atoms with Gasteiger partial charge in [-0.05, 0) is 137 Å². The Bertz CT molecular complexity index is 987. The normalized spacial score (nSPS) is 35.2. The summed E-state index contributed by atoms with van der Waals surface area (Å²) in [5, 5.41) is 0. The second kappa shape index (κ2) is 21.4. The molecule has 4 N–H and O–H groups in total. The van der Waals surface area contributed by atoms with Crippen molar-refractivity contribution in [1.82, 2.24) is 4.90 Å². The molecule has 1 amide bonds. The third-order valence-corrected chi connectivity index (χ3v) is 14.9. The Kier molecular flexibility index (Phi) is 18.0. The van der Waals surface area contributed by atoms with E-state index in [4.69, 9.17) is 25.7 Å². The Morgan fingerprint density at radius 3 is 2.06 bits per heavy atom. The number of nitrogens with two attached hydrogens (primary N) is 2. The molecule has 4 fully saturated rings. The summed E-state index contributed by atoms with van der Waals surface area (Å²) in [6.45, 7) is 20.1. The molecule has 0 radical (unpaired) electrons. The number of fused-ring (bicyclic) bond motifs is 5. The first-order valence-corrected chi connectivity index (χ1v) is 22.2. The summed E-state index contributed by atoms with van der Waals surface area (Å²) in [6, 6.07) is 0. The van der Waals surface area contributed by atoms with Gasteiger partial charge in [-0.2, -0.15) is 0 Å². The van der Waals surface area contributed by atoms with Crippen molar-refractivity contribution in [2.45, 2.75) is 182 Å². The minimum absolute atomic E-state index is 0.0816. The van der Waals surface area contributed by atoms with Crippen LogP contribution in [-0.4, -0.2) is 75.1 Å². The summed E-state index contributed by atoms with van der Waals surface area (Å²) < 4.78 is 20.5. The second-order valence-corrected chi connectivity index (χ2v) is 18.0. The zero-order valence-electron chi connectivity index (χ0n) is 34.3. The monoisotopic (exact) mass is 718 g/mol. The number of carbonyl (C=O) groups is 1. The highest BCUT2D eigenvalue weighted by atomic mass is 16.5. The van der Waals surface area contributed by atoms with Gasteiger partial charge in [0.05, 0.1) is 18.3 Å². The fourth-order valence-electron chi connectivity index (χ4n) is 11.8. The Labute approximate surface area is 314 Å². The molecule has 2 unspecified atom stereocenters. The molecule has 4 saturated carbocycles. The summed E-state index contributed by atoms with van der Waals surface area (Å²) in [5.74, 6) is 3.81. The van der Waals surface area contributed by atoms with Crippen LogP contribution in [0.15, 0.2) is 0 Å². The van der Waals surface area contributed by atoms with E-state index >= 15 is 0 Å². The van der Waals surface area contributed by atoms with Gasteiger partial charge >= 0.3 is 0 Å². The van der Waals surface area contributed by atoms with Gasteiger partial charge in [0.25, 0.3) is 0 Å². The van der Waals surface area contributed by atoms with Crippen LogP contribution in [0.1, 0.15) is 164 Å². The van der Waals surface area contributed by atoms with Crippen molar-refractivity contribution < 1.29 is 19.0 Å². The van der Waals surface area contributed by atoms with Gasteiger partial charge < -0.3 is 30.6 Å². The summed E-state index contributed by atoms with van der Waals surface area (Å²) in [7, 11) is 0. The lowest BCUT2D eigenvalue weighted by Gasteiger charge is -2.65. The van der Waals surface area contributed by atoms with Gasteiger partial charge in [0.2, 0.25) is 5.91 Å². The number of nitrogens with zero attached hydrogens (tertiary/aromatic N) is 1. The van der Waals surface area contributed by atoms with Crippen molar-refractivity contribution in [3.8, 4) is 0 Å². The van der Waals surface area contributed by atoms with E-state index in [1.165, 1.54) is 57.8 Å². The van der Waals surface area contributed by atoms with Crippen LogP contribution >= 0.6 is 0 Å². The average Bonchev–Trinajstić information content (AvgIpc) is 3.48. The molecule has 0 saturated heterocycles. The number of hydrogen-bond donors (Lipinski definition) is 2. The van der Waals surface area contributed by atoms with Crippen LogP contribution in [0.2, 0.25) is 0 Å². The lowest BCUT2D eigenvalue weighted by molar-refractivity contribution is -0.227. The van der Waals surface area contributed by atoms with Gasteiger partial charge in [-0.25, -0.2) is 0 Å². The standard InChI is InChI=1S/C44H83N3O4/c1-7-10-13-25-47(26-14-11-8-2)41(48)20-17-33(4)36-18-19-37-42-38(32-40(44(36,37)6)51-29-16-24-46)43(5)22-21-35(49-28-15-23-45)30-34(43)31-39(42)50-27-12-9-3/h33-40,42H,7-32,45-46H2,1-6H3/t33-,34?,35-,36-,37+,38+,39-,40+,42?,43+,44-/m1/s1. The molecule has 4 rings (SSSR count). The van der Waals surface area contributed by atoms with E-state index in [0.717, 1.165) is 90.7 Å². The molecule has 11 atom stereocenters. The highest BCUT2D eigenvalue weighted by Crippen LogP contribution is 2.69. The van der Waals surface area contributed by atoms with Crippen LogP contribution in [0.3, 0.4) is 0 Å². The Balaban J connectivity index is 1.56. The van der Waals surface area contributed by atoms with Crippen molar-refractivity contribution in [2.75, 3.05) is 46.0 Å². The lowest BCUT2D eigenvalue weighted by Crippen LogP contribution is -2.63. The Hall–Kier alpha value is -0.730. The van der Waals surface area contributed by atoms with Gasteiger partial charge in [-0.15, -0.1) is 0 Å². The molecule has 0 aromatic rings. The van der Waals surface area contributed by atoms with E-state index in [1.54, 1.807) is 0 Å². The van der Waals surface area contributed by atoms with Gasteiger partial charge in [0, 0.05) is 44.7 Å².